The van der Waals surface area contributed by atoms with E-state index in [9.17, 15) is 4.39 Å². The Morgan fingerprint density at radius 3 is 3.07 bits per heavy atom. The zero-order chi connectivity index (χ0) is 18.8. The van der Waals surface area contributed by atoms with Crippen molar-refractivity contribution in [2.45, 2.75) is 25.4 Å². The highest BCUT2D eigenvalue weighted by Crippen LogP contribution is 2.25. The van der Waals surface area contributed by atoms with Gasteiger partial charge in [0.25, 0.3) is 0 Å². The van der Waals surface area contributed by atoms with Crippen molar-refractivity contribution in [3.8, 4) is 0 Å². The lowest BCUT2D eigenvalue weighted by molar-refractivity contribution is 0.431. The van der Waals surface area contributed by atoms with Crippen LogP contribution in [0.2, 0.25) is 5.02 Å². The van der Waals surface area contributed by atoms with E-state index in [0.717, 1.165) is 36.8 Å². The Morgan fingerprint density at radius 2 is 2.30 bits per heavy atom. The molecule has 1 unspecified atom stereocenters. The molecular weight excluding hydrogens is 365 g/mol. The van der Waals surface area contributed by atoms with Gasteiger partial charge in [-0.05, 0) is 43.7 Å². The monoisotopic (exact) mass is 385 g/mol. The predicted molar refractivity (Wildman–Crippen MR) is 106 cm³/mol. The molecule has 27 heavy (non-hydrogen) atoms. The zero-order valence-electron chi connectivity index (χ0n) is 14.8. The second-order valence-electron chi connectivity index (χ2n) is 6.86. The van der Waals surface area contributed by atoms with Crippen molar-refractivity contribution >= 4 is 28.3 Å². The molecule has 140 valence electrons. The van der Waals surface area contributed by atoms with Crippen LogP contribution in [0.1, 0.15) is 24.0 Å². The standard InChI is InChI=1S/C20H21ClFN5/c21-17-8-14(20(23)26-15-2-1-5-24-10-15)9-18(22)16(17)12-27-7-4-13-3-6-25-11-19(13)27/h3-4,6-9,11,15,24H,1-2,5,10,12H2,(H2,23,26). The van der Waals surface area contributed by atoms with Crippen molar-refractivity contribution in [2.75, 3.05) is 13.1 Å². The third-order valence-electron chi connectivity index (χ3n) is 4.98. The van der Waals surface area contributed by atoms with Crippen molar-refractivity contribution < 1.29 is 4.39 Å². The zero-order valence-corrected chi connectivity index (χ0v) is 15.6. The van der Waals surface area contributed by atoms with E-state index in [1.165, 1.54) is 6.07 Å². The topological polar surface area (TPSA) is 65.7 Å². The molecule has 0 amide bonds. The number of aromatic nitrogens is 2. The smallest absolute Gasteiger partial charge is 0.130 e. The van der Waals surface area contributed by atoms with Gasteiger partial charge in [0.1, 0.15) is 11.7 Å². The number of amidine groups is 1. The molecule has 3 heterocycles. The summed E-state index contributed by atoms with van der Waals surface area (Å²) in [5, 5.41) is 16.1. The molecule has 1 aliphatic heterocycles. The first-order chi connectivity index (χ1) is 13.1. The van der Waals surface area contributed by atoms with E-state index in [1.54, 1.807) is 18.5 Å². The lowest BCUT2D eigenvalue weighted by Gasteiger charge is -2.25. The van der Waals surface area contributed by atoms with Gasteiger partial charge in [0.15, 0.2) is 0 Å². The van der Waals surface area contributed by atoms with Crippen LogP contribution in [0.5, 0.6) is 0 Å². The quantitative estimate of drug-likeness (QED) is 0.475. The molecule has 4 rings (SSSR count). The average molecular weight is 386 g/mol. The predicted octanol–water partition coefficient (Wildman–Crippen LogP) is 3.54. The molecule has 0 bridgehead atoms. The van der Waals surface area contributed by atoms with E-state index < -0.39 is 5.82 Å². The first kappa shape index (κ1) is 17.9. The molecule has 3 N–H and O–H groups in total. The van der Waals surface area contributed by atoms with Crippen LogP contribution in [-0.2, 0) is 6.54 Å². The van der Waals surface area contributed by atoms with Gasteiger partial charge in [0.2, 0.25) is 0 Å². The van der Waals surface area contributed by atoms with Gasteiger partial charge in [0.05, 0.1) is 18.3 Å². The Labute approximate surface area is 162 Å². The maximum absolute atomic E-state index is 14.8. The summed E-state index contributed by atoms with van der Waals surface area (Å²) >= 11 is 6.38. The van der Waals surface area contributed by atoms with Crippen LogP contribution in [-0.4, -0.2) is 34.5 Å². The number of nitrogens with one attached hydrogen (secondary N) is 3. The molecule has 1 fully saturated rings. The van der Waals surface area contributed by atoms with Gasteiger partial charge in [-0.1, -0.05) is 11.6 Å². The fourth-order valence-electron chi connectivity index (χ4n) is 3.50. The molecule has 1 aromatic carbocycles. The van der Waals surface area contributed by atoms with E-state index >= 15 is 0 Å². The van der Waals surface area contributed by atoms with Gasteiger partial charge in [-0.15, -0.1) is 0 Å². The van der Waals surface area contributed by atoms with Crippen molar-refractivity contribution in [1.82, 2.24) is 20.2 Å². The molecule has 7 heteroatoms. The largest absolute Gasteiger partial charge is 0.366 e. The minimum absolute atomic E-state index is 0.187. The van der Waals surface area contributed by atoms with Crippen molar-refractivity contribution in [2.24, 2.45) is 0 Å². The summed E-state index contributed by atoms with van der Waals surface area (Å²) in [6.07, 6.45) is 7.45. The SMILES string of the molecule is N=C(NC1CCCNC1)c1cc(F)c(Cn2ccc3ccncc32)c(Cl)c1. The summed E-state index contributed by atoms with van der Waals surface area (Å²) in [6, 6.07) is 7.12. The van der Waals surface area contributed by atoms with Gasteiger partial charge < -0.3 is 15.2 Å². The van der Waals surface area contributed by atoms with Crippen LogP contribution in [0.15, 0.2) is 42.9 Å². The van der Waals surface area contributed by atoms with E-state index in [2.05, 4.69) is 15.6 Å². The van der Waals surface area contributed by atoms with E-state index in [-0.39, 0.29) is 11.9 Å². The Kier molecular flexibility index (Phi) is 5.09. The molecule has 3 aromatic rings. The fraction of sp³-hybridized carbons (Fsp3) is 0.300. The maximum Gasteiger partial charge on any atom is 0.130 e. The van der Waals surface area contributed by atoms with Gasteiger partial charge in [0, 0.05) is 46.5 Å². The summed E-state index contributed by atoms with van der Waals surface area (Å²) in [6.45, 7) is 2.13. The first-order valence-electron chi connectivity index (χ1n) is 9.05. The van der Waals surface area contributed by atoms with Crippen LogP contribution in [0.25, 0.3) is 10.9 Å². The molecule has 2 aromatic heterocycles. The van der Waals surface area contributed by atoms with Gasteiger partial charge >= 0.3 is 0 Å². The molecule has 0 radical (unpaired) electrons. The highest BCUT2D eigenvalue weighted by Gasteiger charge is 2.17. The first-order valence-corrected chi connectivity index (χ1v) is 9.42. The normalized spacial score (nSPS) is 17.2. The second-order valence-corrected chi connectivity index (χ2v) is 7.27. The van der Waals surface area contributed by atoms with E-state index in [4.69, 9.17) is 17.0 Å². The maximum atomic E-state index is 14.8. The van der Waals surface area contributed by atoms with Gasteiger partial charge in [-0.25, -0.2) is 4.39 Å². The highest BCUT2D eigenvalue weighted by atomic mass is 35.5. The van der Waals surface area contributed by atoms with Crippen LogP contribution in [0, 0.1) is 11.2 Å². The highest BCUT2D eigenvalue weighted by molar-refractivity contribution is 6.31. The summed E-state index contributed by atoms with van der Waals surface area (Å²) in [5.41, 5.74) is 1.80. The number of rotatable bonds is 4. The Bertz CT molecular complexity index is 954. The molecular formula is C20H21ClFN5. The lowest BCUT2D eigenvalue weighted by atomic mass is 10.1. The van der Waals surface area contributed by atoms with E-state index in [0.29, 0.717) is 22.7 Å². The molecule has 1 aliphatic rings. The number of benzene rings is 1. The van der Waals surface area contributed by atoms with Crippen LogP contribution in [0.3, 0.4) is 0 Å². The molecule has 0 aliphatic carbocycles. The summed E-state index contributed by atoms with van der Waals surface area (Å²) < 4.78 is 16.7. The molecule has 1 atom stereocenters. The van der Waals surface area contributed by atoms with Gasteiger partial charge in [-0.2, -0.15) is 0 Å². The number of nitrogens with zero attached hydrogens (tertiary/aromatic N) is 2. The summed E-state index contributed by atoms with van der Waals surface area (Å²) in [7, 11) is 0. The van der Waals surface area contributed by atoms with Crippen molar-refractivity contribution in [1.29, 1.82) is 5.41 Å². The van der Waals surface area contributed by atoms with Gasteiger partial charge in [-0.3, -0.25) is 10.4 Å². The Hall–Kier alpha value is -2.44. The third-order valence-corrected chi connectivity index (χ3v) is 5.32. The van der Waals surface area contributed by atoms with Crippen LogP contribution in [0.4, 0.5) is 4.39 Å². The summed E-state index contributed by atoms with van der Waals surface area (Å²) in [5.74, 6) is -0.205. The number of hydrogen-bond donors (Lipinski definition) is 3. The second kappa shape index (κ2) is 7.66. The molecule has 1 saturated heterocycles. The van der Waals surface area contributed by atoms with E-state index in [1.807, 2.05) is 22.9 Å². The van der Waals surface area contributed by atoms with Crippen LogP contribution < -0.4 is 10.6 Å². The lowest BCUT2D eigenvalue weighted by Crippen LogP contribution is -2.45. The fourth-order valence-corrected chi connectivity index (χ4v) is 3.77. The minimum Gasteiger partial charge on any atom is -0.366 e. The van der Waals surface area contributed by atoms with Crippen molar-refractivity contribution in [3.05, 3.63) is 64.8 Å². The van der Waals surface area contributed by atoms with Crippen molar-refractivity contribution in [3.63, 3.8) is 0 Å². The number of piperidine rings is 1. The number of halogens is 2. The minimum atomic E-state index is -0.406. The number of hydrogen-bond acceptors (Lipinski definition) is 3. The Morgan fingerprint density at radius 1 is 1.41 bits per heavy atom. The Balaban J connectivity index is 1.55. The third kappa shape index (κ3) is 3.82. The molecule has 0 saturated carbocycles. The number of fused-ring (bicyclic) bond motifs is 1. The molecule has 0 spiro atoms. The number of pyridine rings is 1. The average Bonchev–Trinajstić information content (AvgIpc) is 3.08. The van der Waals surface area contributed by atoms with Crippen LogP contribution >= 0.6 is 11.6 Å². The molecule has 5 nitrogen and oxygen atoms in total. The summed E-state index contributed by atoms with van der Waals surface area (Å²) in [4.78, 5) is 4.14.